The minimum Gasteiger partial charge on any atom is -0.497 e. The van der Waals surface area contributed by atoms with Crippen LogP contribution in [0.5, 0.6) is 5.75 Å². The van der Waals surface area contributed by atoms with Gasteiger partial charge in [0.2, 0.25) is 11.8 Å². The predicted molar refractivity (Wildman–Crippen MR) is 177 cm³/mol. The molecule has 1 spiro atoms. The molecule has 5 bridgehead atoms. The number of hydrogen-bond acceptors (Lipinski definition) is 8. The molecule has 254 valence electrons. The summed E-state index contributed by atoms with van der Waals surface area (Å²) in [4.78, 5) is 61.7. The second-order valence-corrected chi connectivity index (χ2v) is 12.9. The molecule has 2 aromatic carbocycles. The fraction of sp³-hybridized carbons (Fsp3) is 0.459. The van der Waals surface area contributed by atoms with Crippen LogP contribution in [0.4, 0.5) is 5.69 Å². The van der Waals surface area contributed by atoms with E-state index in [0.29, 0.717) is 29.8 Å². The number of cyclic esters (lactones) is 1. The lowest BCUT2D eigenvalue weighted by Gasteiger charge is -2.38. The normalized spacial score (nSPS) is 32.0. The van der Waals surface area contributed by atoms with E-state index < -0.39 is 65.6 Å². The lowest BCUT2D eigenvalue weighted by atomic mass is 9.74. The Morgan fingerprint density at radius 3 is 2.42 bits per heavy atom. The van der Waals surface area contributed by atoms with Crippen molar-refractivity contribution in [2.75, 3.05) is 32.2 Å². The molecule has 0 aromatic heterocycles. The van der Waals surface area contributed by atoms with Crippen LogP contribution in [0.15, 0.2) is 78.9 Å². The molecule has 3 amide bonds. The van der Waals surface area contributed by atoms with Gasteiger partial charge in [-0.25, -0.2) is 0 Å². The molecule has 2 saturated heterocycles. The number of aliphatic hydroxyl groups excluding tert-OH is 1. The summed E-state index contributed by atoms with van der Waals surface area (Å²) in [5, 5.41) is 10.5. The van der Waals surface area contributed by atoms with Crippen molar-refractivity contribution >= 4 is 29.4 Å². The SMILES string of the molecule is CC[C@@H](CO)N1C(=O)[C@H]2[C@@H]3C(=O)O[C@H](c4ccccc4)[C@@H](C)N(C)C(=O)CC/C=C\CN(c4ccc(OC)cc4)C(=O)[C@H]1[C@@]21C=C[C@@H]3O1. The molecule has 6 rings (SSSR count). The number of anilines is 1. The molecule has 8 atom stereocenters. The molecule has 0 radical (unpaired) electrons. The van der Waals surface area contributed by atoms with E-state index in [-0.39, 0.29) is 25.5 Å². The number of rotatable bonds is 6. The zero-order valence-electron chi connectivity index (χ0n) is 27.7. The number of esters is 1. The second-order valence-electron chi connectivity index (χ2n) is 12.9. The van der Waals surface area contributed by atoms with Crippen molar-refractivity contribution in [2.24, 2.45) is 11.8 Å². The van der Waals surface area contributed by atoms with Gasteiger partial charge in [0.15, 0.2) is 0 Å². The van der Waals surface area contributed by atoms with E-state index in [1.807, 2.05) is 56.3 Å². The number of carbonyl (C=O) groups excluding carboxylic acids is 4. The third kappa shape index (κ3) is 5.58. The molecule has 2 aromatic rings. The van der Waals surface area contributed by atoms with Gasteiger partial charge in [-0.3, -0.25) is 19.2 Å². The summed E-state index contributed by atoms with van der Waals surface area (Å²) in [5.41, 5.74) is -0.178. The number of hydrogen-bond donors (Lipinski definition) is 1. The quantitative estimate of drug-likeness (QED) is 0.370. The van der Waals surface area contributed by atoms with Crippen molar-refractivity contribution < 1.29 is 38.5 Å². The van der Waals surface area contributed by atoms with E-state index in [0.717, 1.165) is 0 Å². The van der Waals surface area contributed by atoms with E-state index in [1.165, 1.54) is 4.90 Å². The van der Waals surface area contributed by atoms with Gasteiger partial charge in [-0.15, -0.1) is 0 Å². The van der Waals surface area contributed by atoms with Crippen LogP contribution in [0, 0.1) is 11.8 Å². The molecule has 4 aliphatic rings. The first kappa shape index (κ1) is 33.4. The Morgan fingerprint density at radius 1 is 1.02 bits per heavy atom. The van der Waals surface area contributed by atoms with E-state index in [9.17, 15) is 24.3 Å². The summed E-state index contributed by atoms with van der Waals surface area (Å²) in [7, 11) is 3.25. The highest BCUT2D eigenvalue weighted by atomic mass is 16.6. The molecule has 4 aliphatic heterocycles. The van der Waals surface area contributed by atoms with Gasteiger partial charge in [0.25, 0.3) is 5.91 Å². The molecule has 48 heavy (non-hydrogen) atoms. The van der Waals surface area contributed by atoms with E-state index in [4.69, 9.17) is 14.2 Å². The zero-order chi connectivity index (χ0) is 34.2. The van der Waals surface area contributed by atoms with Crippen LogP contribution >= 0.6 is 0 Å². The Balaban J connectivity index is 1.47. The summed E-state index contributed by atoms with van der Waals surface area (Å²) in [6, 6.07) is 13.9. The first-order valence-corrected chi connectivity index (χ1v) is 16.6. The monoisotopic (exact) mass is 657 g/mol. The minimum atomic E-state index is -1.45. The third-order valence-corrected chi connectivity index (χ3v) is 10.3. The summed E-state index contributed by atoms with van der Waals surface area (Å²) in [6.07, 6.45) is 6.59. The second kappa shape index (κ2) is 13.6. The van der Waals surface area contributed by atoms with Gasteiger partial charge in [0.05, 0.1) is 37.8 Å². The number of benzene rings is 2. The number of likely N-dealkylation sites (tertiary alicyclic amines) is 1. The highest BCUT2D eigenvalue weighted by Crippen LogP contribution is 2.56. The van der Waals surface area contributed by atoms with Crippen molar-refractivity contribution in [1.29, 1.82) is 0 Å². The van der Waals surface area contributed by atoms with Crippen molar-refractivity contribution in [3.63, 3.8) is 0 Å². The molecule has 2 fully saturated rings. The number of carbonyl (C=O) groups is 4. The van der Waals surface area contributed by atoms with Crippen LogP contribution < -0.4 is 9.64 Å². The summed E-state index contributed by atoms with van der Waals surface area (Å²) < 4.78 is 18.2. The van der Waals surface area contributed by atoms with Gasteiger partial charge in [-0.05, 0) is 49.6 Å². The molecular weight excluding hydrogens is 614 g/mol. The van der Waals surface area contributed by atoms with Gasteiger partial charge < -0.3 is 34.0 Å². The van der Waals surface area contributed by atoms with Crippen LogP contribution in [0.3, 0.4) is 0 Å². The van der Waals surface area contributed by atoms with Crippen LogP contribution in [0.25, 0.3) is 0 Å². The van der Waals surface area contributed by atoms with E-state index in [2.05, 4.69) is 0 Å². The molecule has 11 heteroatoms. The summed E-state index contributed by atoms with van der Waals surface area (Å²) >= 11 is 0. The molecule has 0 unspecified atom stereocenters. The van der Waals surface area contributed by atoms with Crippen LogP contribution in [0.2, 0.25) is 0 Å². The number of ether oxygens (including phenoxy) is 3. The van der Waals surface area contributed by atoms with Crippen molar-refractivity contribution in [2.45, 2.75) is 69.0 Å². The molecule has 11 nitrogen and oxygen atoms in total. The average Bonchev–Trinajstić information content (AvgIpc) is 3.76. The van der Waals surface area contributed by atoms with Gasteiger partial charge in [-0.2, -0.15) is 0 Å². The molecular formula is C37H43N3O8. The molecule has 0 saturated carbocycles. The Morgan fingerprint density at radius 2 is 1.75 bits per heavy atom. The Bertz CT molecular complexity index is 1590. The maximum atomic E-state index is 14.9. The average molecular weight is 658 g/mol. The maximum absolute atomic E-state index is 14.9. The topological polar surface area (TPSA) is 126 Å². The largest absolute Gasteiger partial charge is 0.497 e. The highest BCUT2D eigenvalue weighted by molar-refractivity contribution is 6.05. The number of amides is 3. The van der Waals surface area contributed by atoms with Crippen LogP contribution in [0.1, 0.15) is 44.8 Å². The highest BCUT2D eigenvalue weighted by Gasteiger charge is 2.74. The number of nitrogens with zero attached hydrogens (tertiary/aromatic N) is 3. The number of methoxy groups -OCH3 is 1. The zero-order valence-corrected chi connectivity index (χ0v) is 27.7. The third-order valence-electron chi connectivity index (χ3n) is 10.3. The lowest BCUT2D eigenvalue weighted by Crippen LogP contribution is -2.58. The Kier molecular flexibility index (Phi) is 9.44. The standard InChI is InChI=1S/C37H43N3O8/c1-5-25(22-41)40-33-35(44)39(26-15-17-27(46-4)18-16-26)21-11-7-10-14-29(42)38(3)23(2)32(24-12-8-6-9-13-24)47-36(45)30-28-19-20-37(33,48-28)31(30)34(40)43/h6-9,11-13,15-20,23,25,28,30-33,41H,5,10,14,21-22H2,1-4H3/b11-7-/t23-,25+,28+,30-,31-,32+,33+,37-/m1/s1. The van der Waals surface area contributed by atoms with E-state index >= 15 is 0 Å². The number of likely N-dealkylation sites (N-methyl/N-ethyl adjacent to an activating group) is 1. The predicted octanol–water partition coefficient (Wildman–Crippen LogP) is 3.43. The van der Waals surface area contributed by atoms with Crippen LogP contribution in [-0.2, 0) is 28.7 Å². The Hall–Kier alpha value is -4.48. The molecule has 0 aliphatic carbocycles. The smallest absolute Gasteiger partial charge is 0.313 e. The molecule has 4 heterocycles. The first-order chi connectivity index (χ1) is 23.2. The fourth-order valence-corrected chi connectivity index (χ4v) is 7.60. The van der Waals surface area contributed by atoms with E-state index in [1.54, 1.807) is 60.4 Å². The summed E-state index contributed by atoms with van der Waals surface area (Å²) in [6.45, 7) is 3.46. The Labute approximate surface area is 280 Å². The number of allylic oxidation sites excluding steroid dienone is 1. The van der Waals surface area contributed by atoms with Crippen molar-refractivity contribution in [1.82, 2.24) is 9.80 Å². The number of aliphatic hydroxyl groups is 1. The van der Waals surface area contributed by atoms with Crippen molar-refractivity contribution in [3.05, 3.63) is 84.5 Å². The van der Waals surface area contributed by atoms with Gasteiger partial charge in [0.1, 0.15) is 29.4 Å². The van der Waals surface area contributed by atoms with Gasteiger partial charge >= 0.3 is 5.97 Å². The first-order valence-electron chi connectivity index (χ1n) is 16.6. The fourth-order valence-electron chi connectivity index (χ4n) is 7.60. The van der Waals surface area contributed by atoms with Gasteiger partial charge in [0, 0.05) is 25.7 Å². The van der Waals surface area contributed by atoms with Crippen molar-refractivity contribution in [3.8, 4) is 5.75 Å². The maximum Gasteiger partial charge on any atom is 0.313 e. The van der Waals surface area contributed by atoms with Crippen LogP contribution in [-0.4, -0.2) is 95.7 Å². The van der Waals surface area contributed by atoms with Gasteiger partial charge in [-0.1, -0.05) is 61.6 Å². The lowest BCUT2D eigenvalue weighted by molar-refractivity contribution is -0.164. The number of fused-ring (bicyclic) bond motifs is 2. The molecule has 1 N–H and O–H groups in total. The minimum absolute atomic E-state index is 0.124. The summed E-state index contributed by atoms with van der Waals surface area (Å²) in [5.74, 6) is -3.10.